The fourth-order valence-corrected chi connectivity index (χ4v) is 4.18. The van der Waals surface area contributed by atoms with E-state index in [-0.39, 0.29) is 11.8 Å². The minimum absolute atomic E-state index is 0.235. The molecule has 0 spiro atoms. The number of carbonyl (C=O) groups is 1. The minimum atomic E-state index is -1.25. The Labute approximate surface area is 160 Å². The van der Waals surface area contributed by atoms with Crippen molar-refractivity contribution < 1.29 is 4.79 Å². The van der Waals surface area contributed by atoms with Gasteiger partial charge < -0.3 is 5.32 Å². The van der Waals surface area contributed by atoms with Crippen molar-refractivity contribution in [1.82, 2.24) is 5.32 Å². The molecule has 0 aromatic heterocycles. The molecule has 2 aromatic rings. The molecule has 134 valence electrons. The number of allylic oxidation sites excluding steroid dienone is 1. The predicted octanol–water partition coefficient (Wildman–Crippen LogP) is 5.09. The van der Waals surface area contributed by atoms with Gasteiger partial charge in [0, 0.05) is 11.3 Å². The van der Waals surface area contributed by atoms with Crippen molar-refractivity contribution in [3.63, 3.8) is 0 Å². The lowest BCUT2D eigenvalue weighted by molar-refractivity contribution is -0.125. The predicted molar refractivity (Wildman–Crippen MR) is 107 cm³/mol. The highest BCUT2D eigenvalue weighted by Crippen LogP contribution is 2.45. The third-order valence-corrected chi connectivity index (χ3v) is 5.58. The normalized spacial score (nSPS) is 25.0. The topological polar surface area (TPSA) is 33.5 Å². The second-order valence-electron chi connectivity index (χ2n) is 7.15. The SMILES string of the molecule is [C-]#[N+][C@@]1(c2ccccc2)C(=O)NC(c2ccccc2)=C[C@H]1C1=CCCCC1. The number of nitrogens with zero attached hydrogens (tertiary/aromatic N) is 1. The lowest BCUT2D eigenvalue weighted by Crippen LogP contribution is -2.50. The summed E-state index contributed by atoms with van der Waals surface area (Å²) < 4.78 is 0. The van der Waals surface area contributed by atoms with Crippen LogP contribution in [0.25, 0.3) is 10.5 Å². The zero-order valence-corrected chi connectivity index (χ0v) is 15.2. The molecule has 2 aromatic carbocycles. The van der Waals surface area contributed by atoms with Gasteiger partial charge in [0.1, 0.15) is 0 Å². The lowest BCUT2D eigenvalue weighted by atomic mass is 9.69. The van der Waals surface area contributed by atoms with E-state index in [1.165, 1.54) is 12.0 Å². The molecule has 0 radical (unpaired) electrons. The third-order valence-electron chi connectivity index (χ3n) is 5.58. The highest BCUT2D eigenvalue weighted by Gasteiger charge is 2.57. The van der Waals surface area contributed by atoms with Crippen molar-refractivity contribution in [2.75, 3.05) is 0 Å². The molecule has 1 aliphatic heterocycles. The molecule has 27 heavy (non-hydrogen) atoms. The fraction of sp³-hybridized carbons (Fsp3) is 0.250. The zero-order valence-electron chi connectivity index (χ0n) is 15.2. The molecule has 2 aliphatic rings. The van der Waals surface area contributed by atoms with E-state index in [0.717, 1.165) is 36.1 Å². The van der Waals surface area contributed by atoms with Gasteiger partial charge >= 0.3 is 11.4 Å². The minimum Gasteiger partial charge on any atom is -0.318 e. The Morgan fingerprint density at radius 3 is 2.33 bits per heavy atom. The molecule has 1 amide bonds. The Balaban J connectivity index is 1.90. The van der Waals surface area contributed by atoms with Gasteiger partial charge in [0.25, 0.3) is 0 Å². The molecule has 0 saturated carbocycles. The Bertz CT molecular complexity index is 937. The van der Waals surface area contributed by atoms with Crippen LogP contribution in [0.15, 0.2) is 78.4 Å². The van der Waals surface area contributed by atoms with E-state index >= 15 is 0 Å². The van der Waals surface area contributed by atoms with Crippen LogP contribution in [0, 0.1) is 12.5 Å². The molecule has 3 heteroatoms. The van der Waals surface area contributed by atoms with E-state index in [1.54, 1.807) is 0 Å². The molecule has 1 aliphatic carbocycles. The molecular weight excluding hydrogens is 332 g/mol. The Kier molecular flexibility index (Phi) is 4.64. The first-order valence-corrected chi connectivity index (χ1v) is 9.47. The van der Waals surface area contributed by atoms with E-state index in [1.807, 2.05) is 60.7 Å². The van der Waals surface area contributed by atoms with Gasteiger partial charge in [-0.25, -0.2) is 6.57 Å². The van der Waals surface area contributed by atoms with E-state index in [4.69, 9.17) is 6.57 Å². The zero-order chi connectivity index (χ0) is 18.7. The summed E-state index contributed by atoms with van der Waals surface area (Å²) in [6.45, 7) is 8.04. The van der Waals surface area contributed by atoms with Gasteiger partial charge in [0.05, 0.1) is 5.92 Å². The largest absolute Gasteiger partial charge is 0.344 e. The monoisotopic (exact) mass is 354 g/mol. The van der Waals surface area contributed by atoms with Crippen LogP contribution in [0.3, 0.4) is 0 Å². The maximum absolute atomic E-state index is 13.4. The molecule has 1 N–H and O–H groups in total. The van der Waals surface area contributed by atoms with Crippen LogP contribution in [0.2, 0.25) is 0 Å². The van der Waals surface area contributed by atoms with Gasteiger partial charge in [-0.15, -0.1) is 0 Å². The molecular formula is C24H22N2O. The van der Waals surface area contributed by atoms with Gasteiger partial charge in [-0.3, -0.25) is 9.64 Å². The van der Waals surface area contributed by atoms with Gasteiger partial charge in [0.15, 0.2) is 0 Å². The highest BCUT2D eigenvalue weighted by atomic mass is 16.2. The summed E-state index contributed by atoms with van der Waals surface area (Å²) in [5.74, 6) is -0.483. The van der Waals surface area contributed by atoms with Crippen LogP contribution in [0.1, 0.15) is 36.8 Å². The number of amides is 1. The van der Waals surface area contributed by atoms with Crippen LogP contribution in [-0.2, 0) is 10.3 Å². The Morgan fingerprint density at radius 1 is 1.00 bits per heavy atom. The van der Waals surface area contributed by atoms with Crippen LogP contribution in [0.4, 0.5) is 0 Å². The van der Waals surface area contributed by atoms with Crippen LogP contribution < -0.4 is 5.32 Å². The maximum atomic E-state index is 13.4. The van der Waals surface area contributed by atoms with Crippen molar-refractivity contribution in [2.24, 2.45) is 5.92 Å². The molecule has 3 nitrogen and oxygen atoms in total. The van der Waals surface area contributed by atoms with Gasteiger partial charge in [-0.1, -0.05) is 72.3 Å². The molecule has 0 saturated heterocycles. The number of benzene rings is 2. The summed E-state index contributed by atoms with van der Waals surface area (Å²) in [4.78, 5) is 17.4. The first-order valence-electron chi connectivity index (χ1n) is 9.47. The van der Waals surface area contributed by atoms with E-state index in [0.29, 0.717) is 0 Å². The number of carbonyl (C=O) groups excluding carboxylic acids is 1. The maximum Gasteiger partial charge on any atom is 0.344 e. The van der Waals surface area contributed by atoms with E-state index in [2.05, 4.69) is 22.3 Å². The van der Waals surface area contributed by atoms with Crippen LogP contribution in [-0.4, -0.2) is 5.91 Å². The summed E-state index contributed by atoms with van der Waals surface area (Å²) in [7, 11) is 0. The average Bonchev–Trinajstić information content (AvgIpc) is 2.75. The number of hydrogen-bond acceptors (Lipinski definition) is 1. The summed E-state index contributed by atoms with van der Waals surface area (Å²) in [5, 5.41) is 3.02. The van der Waals surface area contributed by atoms with Crippen molar-refractivity contribution >= 4 is 11.6 Å². The van der Waals surface area contributed by atoms with Crippen molar-refractivity contribution in [2.45, 2.75) is 31.2 Å². The summed E-state index contributed by atoms with van der Waals surface area (Å²) in [5.41, 5.74) is 2.50. The second kappa shape index (κ2) is 7.25. The molecule has 1 heterocycles. The summed E-state index contributed by atoms with van der Waals surface area (Å²) in [6.07, 6.45) is 8.59. The van der Waals surface area contributed by atoms with Crippen LogP contribution in [0.5, 0.6) is 0 Å². The van der Waals surface area contributed by atoms with Crippen molar-refractivity contribution in [3.05, 3.63) is 101 Å². The first kappa shape index (κ1) is 17.3. The van der Waals surface area contributed by atoms with Crippen molar-refractivity contribution in [3.8, 4) is 0 Å². The molecule has 0 unspecified atom stereocenters. The third kappa shape index (κ3) is 2.98. The molecule has 4 rings (SSSR count). The van der Waals surface area contributed by atoms with Gasteiger partial charge in [0.2, 0.25) is 0 Å². The number of rotatable bonds is 3. The number of nitrogens with one attached hydrogen (secondary N) is 1. The average molecular weight is 354 g/mol. The van der Waals surface area contributed by atoms with Crippen LogP contribution >= 0.6 is 0 Å². The Hall–Kier alpha value is -3.12. The van der Waals surface area contributed by atoms with Crippen molar-refractivity contribution in [1.29, 1.82) is 0 Å². The highest BCUT2D eigenvalue weighted by molar-refractivity contribution is 5.99. The number of hydrogen-bond donors (Lipinski definition) is 1. The summed E-state index contributed by atoms with van der Waals surface area (Å²) in [6, 6.07) is 19.4. The molecule has 2 atom stereocenters. The second-order valence-corrected chi connectivity index (χ2v) is 7.15. The Morgan fingerprint density at radius 2 is 1.70 bits per heavy atom. The first-order chi connectivity index (χ1) is 13.3. The fourth-order valence-electron chi connectivity index (χ4n) is 4.18. The van der Waals surface area contributed by atoms with Gasteiger partial charge in [-0.2, -0.15) is 0 Å². The van der Waals surface area contributed by atoms with E-state index in [9.17, 15) is 4.79 Å². The smallest absolute Gasteiger partial charge is 0.318 e. The lowest BCUT2D eigenvalue weighted by Gasteiger charge is -2.35. The quantitative estimate of drug-likeness (QED) is 0.604. The molecule has 0 bridgehead atoms. The van der Waals surface area contributed by atoms with Gasteiger partial charge in [-0.05, 0) is 37.3 Å². The molecule has 0 fully saturated rings. The standard InChI is InChI=1S/C24H22N2O/c1-25-24(20-15-9-4-10-16-20)21(18-11-5-2-6-12-18)17-22(26-23(24)27)19-13-7-3-8-14-19/h3-4,7-11,13-17,21H,2,5-6,12H2,(H,26,27)/t21-,24+/m0/s1. The summed E-state index contributed by atoms with van der Waals surface area (Å²) >= 11 is 0. The van der Waals surface area contributed by atoms with E-state index < -0.39 is 5.54 Å².